The molecular weight excluding hydrogens is 190 g/mol. The van der Waals surface area contributed by atoms with Crippen LogP contribution in [0.5, 0.6) is 0 Å². The van der Waals surface area contributed by atoms with Gasteiger partial charge in [-0.15, -0.1) is 0 Å². The third-order valence-electron chi connectivity index (χ3n) is 2.29. The van der Waals surface area contributed by atoms with E-state index in [2.05, 4.69) is 41.1 Å². The maximum Gasteiger partial charge on any atom is 0.0266 e. The van der Waals surface area contributed by atoms with Crippen LogP contribution in [0, 0.1) is 0 Å². The first-order chi connectivity index (χ1) is 6.77. The second-order valence-electron chi connectivity index (χ2n) is 3.42. The maximum absolute atomic E-state index is 5.78. The zero-order valence-electron chi connectivity index (χ0n) is 8.10. The number of hydrogen-bond donors (Lipinski definition) is 1. The summed E-state index contributed by atoms with van der Waals surface area (Å²) in [6, 6.07) is 10.7. The Labute approximate surface area is 88.2 Å². The minimum Gasteiger partial charge on any atom is -0.324 e. The summed E-state index contributed by atoms with van der Waals surface area (Å²) in [5, 5.41) is 4.25. The molecule has 0 bridgehead atoms. The summed E-state index contributed by atoms with van der Waals surface area (Å²) < 4.78 is 0. The average molecular weight is 203 g/mol. The Balaban J connectivity index is 2.31. The predicted octanol–water partition coefficient (Wildman–Crippen LogP) is 3.43. The summed E-state index contributed by atoms with van der Waals surface area (Å²) in [5.74, 6) is 0. The molecule has 0 saturated heterocycles. The molecule has 1 heterocycles. The summed E-state index contributed by atoms with van der Waals surface area (Å²) in [5.41, 5.74) is 9.51. The van der Waals surface area contributed by atoms with Crippen LogP contribution in [0.15, 0.2) is 41.1 Å². The van der Waals surface area contributed by atoms with Gasteiger partial charge in [-0.1, -0.05) is 24.3 Å². The molecule has 1 atom stereocenters. The predicted molar refractivity (Wildman–Crippen MR) is 62.4 cm³/mol. The van der Waals surface area contributed by atoms with Gasteiger partial charge in [-0.05, 0) is 40.4 Å². The number of rotatable bonds is 2. The van der Waals surface area contributed by atoms with Crippen molar-refractivity contribution in [3.63, 3.8) is 0 Å². The van der Waals surface area contributed by atoms with E-state index in [1.165, 1.54) is 16.7 Å². The van der Waals surface area contributed by atoms with Gasteiger partial charge in [0.1, 0.15) is 0 Å². The van der Waals surface area contributed by atoms with E-state index in [1.54, 1.807) is 11.3 Å². The summed E-state index contributed by atoms with van der Waals surface area (Å²) in [7, 11) is 0. The van der Waals surface area contributed by atoms with Gasteiger partial charge in [0.05, 0.1) is 0 Å². The van der Waals surface area contributed by atoms with Crippen molar-refractivity contribution in [1.82, 2.24) is 0 Å². The molecule has 1 aromatic heterocycles. The summed E-state index contributed by atoms with van der Waals surface area (Å²) in [4.78, 5) is 0. The van der Waals surface area contributed by atoms with Crippen LogP contribution in [0.3, 0.4) is 0 Å². The highest BCUT2D eigenvalue weighted by molar-refractivity contribution is 7.08. The van der Waals surface area contributed by atoms with Crippen molar-refractivity contribution in [3.8, 4) is 11.1 Å². The van der Waals surface area contributed by atoms with Crippen molar-refractivity contribution < 1.29 is 0 Å². The van der Waals surface area contributed by atoms with Crippen molar-refractivity contribution in [2.45, 2.75) is 13.0 Å². The Hall–Kier alpha value is -1.12. The summed E-state index contributed by atoms with van der Waals surface area (Å²) in [6.07, 6.45) is 0. The molecule has 1 nitrogen and oxygen atoms in total. The third kappa shape index (κ3) is 1.86. The molecule has 0 aliphatic rings. The highest BCUT2D eigenvalue weighted by Crippen LogP contribution is 2.23. The largest absolute Gasteiger partial charge is 0.324 e. The third-order valence-corrected chi connectivity index (χ3v) is 2.97. The lowest BCUT2D eigenvalue weighted by molar-refractivity contribution is 0.818. The molecule has 2 heteroatoms. The first-order valence-corrected chi connectivity index (χ1v) is 5.60. The molecule has 0 fully saturated rings. The van der Waals surface area contributed by atoms with Crippen LogP contribution >= 0.6 is 11.3 Å². The highest BCUT2D eigenvalue weighted by Gasteiger charge is 2.00. The molecule has 2 rings (SSSR count). The van der Waals surface area contributed by atoms with Crippen molar-refractivity contribution >= 4 is 11.3 Å². The van der Waals surface area contributed by atoms with E-state index < -0.39 is 0 Å². The van der Waals surface area contributed by atoms with Gasteiger partial charge in [-0.2, -0.15) is 11.3 Å². The molecule has 72 valence electrons. The first-order valence-electron chi connectivity index (χ1n) is 4.65. The van der Waals surface area contributed by atoms with Gasteiger partial charge in [0.25, 0.3) is 0 Å². The quantitative estimate of drug-likeness (QED) is 0.795. The second-order valence-corrected chi connectivity index (χ2v) is 4.20. The lowest BCUT2D eigenvalue weighted by atomic mass is 10.0. The molecule has 14 heavy (non-hydrogen) atoms. The van der Waals surface area contributed by atoms with E-state index in [-0.39, 0.29) is 6.04 Å². The summed E-state index contributed by atoms with van der Waals surface area (Å²) >= 11 is 1.72. The number of thiophene rings is 1. The fourth-order valence-electron chi connectivity index (χ4n) is 1.41. The van der Waals surface area contributed by atoms with Gasteiger partial charge in [-0.25, -0.2) is 0 Å². The van der Waals surface area contributed by atoms with Crippen LogP contribution in [0.25, 0.3) is 11.1 Å². The number of hydrogen-bond acceptors (Lipinski definition) is 2. The molecule has 2 aromatic rings. The molecule has 2 N–H and O–H groups in total. The Morgan fingerprint density at radius 1 is 1.07 bits per heavy atom. The van der Waals surface area contributed by atoms with E-state index in [9.17, 15) is 0 Å². The van der Waals surface area contributed by atoms with E-state index in [0.717, 1.165) is 0 Å². The van der Waals surface area contributed by atoms with Crippen LogP contribution in [0.1, 0.15) is 18.5 Å². The molecule has 1 unspecified atom stereocenters. The van der Waals surface area contributed by atoms with Gasteiger partial charge in [0.2, 0.25) is 0 Å². The second kappa shape index (κ2) is 3.95. The Kier molecular flexibility index (Phi) is 2.66. The molecule has 0 radical (unpaired) electrons. The SMILES string of the molecule is CC(N)c1ccc(-c2ccsc2)cc1. The van der Waals surface area contributed by atoms with E-state index in [0.29, 0.717) is 0 Å². The Morgan fingerprint density at radius 3 is 2.29 bits per heavy atom. The molecule has 0 amide bonds. The normalized spacial score (nSPS) is 12.7. The standard InChI is InChI=1S/C12H13NS/c1-9(13)10-2-4-11(5-3-10)12-6-7-14-8-12/h2-9H,13H2,1H3. The van der Waals surface area contributed by atoms with Crippen molar-refractivity contribution in [3.05, 3.63) is 46.7 Å². The van der Waals surface area contributed by atoms with E-state index in [4.69, 9.17) is 5.73 Å². The summed E-state index contributed by atoms with van der Waals surface area (Å²) in [6.45, 7) is 2.00. The van der Waals surface area contributed by atoms with Crippen molar-refractivity contribution in [2.24, 2.45) is 5.73 Å². The van der Waals surface area contributed by atoms with Crippen LogP contribution < -0.4 is 5.73 Å². The van der Waals surface area contributed by atoms with Gasteiger partial charge >= 0.3 is 0 Å². The topological polar surface area (TPSA) is 26.0 Å². The zero-order chi connectivity index (χ0) is 9.97. The lowest BCUT2D eigenvalue weighted by Gasteiger charge is -2.05. The molecule has 0 aliphatic heterocycles. The lowest BCUT2D eigenvalue weighted by Crippen LogP contribution is -2.04. The minimum absolute atomic E-state index is 0.117. The molecule has 0 aliphatic carbocycles. The highest BCUT2D eigenvalue weighted by atomic mass is 32.1. The Morgan fingerprint density at radius 2 is 1.79 bits per heavy atom. The zero-order valence-corrected chi connectivity index (χ0v) is 8.92. The fraction of sp³-hybridized carbons (Fsp3) is 0.167. The molecular formula is C12H13NS. The smallest absolute Gasteiger partial charge is 0.0266 e. The first kappa shape index (κ1) is 9.44. The monoisotopic (exact) mass is 203 g/mol. The van der Waals surface area contributed by atoms with Gasteiger partial charge in [0.15, 0.2) is 0 Å². The number of benzene rings is 1. The van der Waals surface area contributed by atoms with E-state index in [1.807, 2.05) is 6.92 Å². The van der Waals surface area contributed by atoms with Crippen molar-refractivity contribution in [1.29, 1.82) is 0 Å². The fourth-order valence-corrected chi connectivity index (χ4v) is 2.07. The molecule has 0 spiro atoms. The average Bonchev–Trinajstić information content (AvgIpc) is 2.71. The molecule has 1 aromatic carbocycles. The van der Waals surface area contributed by atoms with Crippen molar-refractivity contribution in [2.75, 3.05) is 0 Å². The van der Waals surface area contributed by atoms with Crippen LogP contribution in [0.4, 0.5) is 0 Å². The maximum atomic E-state index is 5.78. The number of nitrogens with two attached hydrogens (primary N) is 1. The van der Waals surface area contributed by atoms with E-state index >= 15 is 0 Å². The van der Waals surface area contributed by atoms with Crippen LogP contribution in [-0.4, -0.2) is 0 Å². The van der Waals surface area contributed by atoms with Crippen LogP contribution in [-0.2, 0) is 0 Å². The minimum atomic E-state index is 0.117. The van der Waals surface area contributed by atoms with Gasteiger partial charge in [0, 0.05) is 6.04 Å². The Bertz CT molecular complexity index is 387. The van der Waals surface area contributed by atoms with Gasteiger partial charge in [-0.3, -0.25) is 0 Å². The molecule has 0 saturated carbocycles. The van der Waals surface area contributed by atoms with Crippen LogP contribution in [0.2, 0.25) is 0 Å². The van der Waals surface area contributed by atoms with Gasteiger partial charge < -0.3 is 5.73 Å².